The average molecular weight is 758 g/mol. The van der Waals surface area contributed by atoms with Crippen LogP contribution in [0.15, 0.2) is 48.1 Å². The van der Waals surface area contributed by atoms with Gasteiger partial charge in [0.1, 0.15) is 24.1 Å². The van der Waals surface area contributed by atoms with Gasteiger partial charge in [-0.1, -0.05) is 66.7 Å². The van der Waals surface area contributed by atoms with E-state index in [1.165, 1.54) is 24.3 Å². The van der Waals surface area contributed by atoms with Gasteiger partial charge in [0.15, 0.2) is 23.7 Å². The number of benzene rings is 1. The minimum absolute atomic E-state index is 0.00189. The second-order valence-corrected chi connectivity index (χ2v) is 23.0. The predicted octanol–water partition coefficient (Wildman–Crippen LogP) is 8.34. The molecule has 1 aromatic carbocycles. The van der Waals surface area contributed by atoms with E-state index in [4.69, 9.17) is 23.1 Å². The van der Waals surface area contributed by atoms with Crippen molar-refractivity contribution in [2.75, 3.05) is 0 Å². The molecule has 3 aliphatic rings. The molecule has 0 spiro atoms. The summed E-state index contributed by atoms with van der Waals surface area (Å²) in [5.41, 5.74) is -1.26. The van der Waals surface area contributed by atoms with Gasteiger partial charge in [0, 0.05) is 29.9 Å². The van der Waals surface area contributed by atoms with Gasteiger partial charge in [-0.2, -0.15) is 0 Å². The number of carbonyl (C=O) groups is 2. The number of hydrogen-bond donors (Lipinski definition) is 0. The third-order valence-electron chi connectivity index (χ3n) is 11.0. The number of rotatable bonds is 12. The molecule has 0 aromatic heterocycles. The molecule has 12 heteroatoms. The van der Waals surface area contributed by atoms with Crippen molar-refractivity contribution in [1.29, 1.82) is 0 Å². The lowest BCUT2D eigenvalue weighted by molar-refractivity contribution is -0.384. The fourth-order valence-corrected chi connectivity index (χ4v) is 10.4. The lowest BCUT2D eigenvalue weighted by Gasteiger charge is -2.54. The maximum absolute atomic E-state index is 14.1. The van der Waals surface area contributed by atoms with Crippen molar-refractivity contribution in [3.63, 3.8) is 0 Å². The van der Waals surface area contributed by atoms with Gasteiger partial charge in [-0.15, -0.1) is 0 Å². The maximum atomic E-state index is 14.1. The fourth-order valence-electron chi connectivity index (χ4n) is 8.16. The zero-order chi connectivity index (χ0) is 39.0. The summed E-state index contributed by atoms with van der Waals surface area (Å²) < 4.78 is 32.3. The number of fused-ring (bicyclic) bond motifs is 1. The topological polar surface area (TPSA) is 123 Å². The molecule has 2 aliphatic carbocycles. The number of cyclic esters (lactones) is 1. The van der Waals surface area contributed by atoms with Crippen molar-refractivity contribution in [3.8, 4) is 5.75 Å². The van der Waals surface area contributed by atoms with Gasteiger partial charge in [-0.3, -0.25) is 10.1 Å². The van der Waals surface area contributed by atoms with E-state index in [-0.39, 0.29) is 52.3 Å². The Kier molecular flexibility index (Phi) is 12.8. The number of carbonyl (C=O) groups excluding carboxylic acids is 2. The summed E-state index contributed by atoms with van der Waals surface area (Å²) in [5.74, 6) is -0.537. The first-order valence-electron chi connectivity index (χ1n) is 19.0. The van der Waals surface area contributed by atoms with E-state index in [1.807, 2.05) is 0 Å². The Labute approximate surface area is 314 Å². The van der Waals surface area contributed by atoms with Crippen LogP contribution in [0.1, 0.15) is 88.0 Å². The van der Waals surface area contributed by atoms with Crippen LogP contribution in [0.2, 0.25) is 26.2 Å². The van der Waals surface area contributed by atoms with E-state index in [0.29, 0.717) is 31.4 Å². The van der Waals surface area contributed by atoms with Gasteiger partial charge in [-0.05, 0) is 100 Å². The van der Waals surface area contributed by atoms with Crippen molar-refractivity contribution in [1.82, 2.24) is 0 Å². The lowest BCUT2D eigenvalue weighted by Crippen LogP contribution is -2.58. The first-order chi connectivity index (χ1) is 23.9. The van der Waals surface area contributed by atoms with Crippen LogP contribution < -0.4 is 4.74 Å². The summed E-state index contributed by atoms with van der Waals surface area (Å²) in [5, 5.41) is 11.2. The SMILES string of the molecule is C[C@H]1C=CC2=C[C@@H](C(C)(C)C)C[C@H](OC(=O)C(C)(C)Oc3ccc([N+](=O)[O-])cc3)[C@@H]2[C@@]1(CC[C@@H]1C[C@H](C(C)(C)C)C(O[SiH](C)C)C(=O)O1)O[SiH](C)C. The minimum atomic E-state index is -1.67. The highest BCUT2D eigenvalue weighted by Gasteiger charge is 2.55. The number of nitrogens with zero attached hydrogens (tertiary/aromatic N) is 1. The Morgan fingerprint density at radius 3 is 2.15 bits per heavy atom. The fraction of sp³-hybridized carbons (Fsp3) is 0.700. The molecule has 10 nitrogen and oxygen atoms in total. The average Bonchev–Trinajstić information content (AvgIpc) is 3.01. The van der Waals surface area contributed by atoms with Crippen LogP contribution >= 0.6 is 0 Å². The second-order valence-electron chi connectivity index (χ2n) is 18.3. The molecule has 0 radical (unpaired) electrons. The van der Waals surface area contributed by atoms with Crippen LogP contribution in [-0.2, 0) is 27.9 Å². The summed E-state index contributed by atoms with van der Waals surface area (Å²) in [4.78, 5) is 38.4. The first-order valence-corrected chi connectivity index (χ1v) is 24.6. The Balaban J connectivity index is 1.68. The molecule has 0 bridgehead atoms. The number of esters is 2. The van der Waals surface area contributed by atoms with Crippen LogP contribution in [0.3, 0.4) is 0 Å². The summed E-state index contributed by atoms with van der Waals surface area (Å²) in [6, 6.07) is 5.69. The largest absolute Gasteiger partial charge is 0.476 e. The van der Waals surface area contributed by atoms with Gasteiger partial charge < -0.3 is 23.1 Å². The van der Waals surface area contributed by atoms with Gasteiger partial charge in [0.05, 0.1) is 10.5 Å². The van der Waals surface area contributed by atoms with E-state index in [0.717, 1.165) is 5.57 Å². The number of ether oxygens (including phenoxy) is 3. The van der Waals surface area contributed by atoms with Crippen molar-refractivity contribution in [2.45, 2.75) is 144 Å². The molecule has 0 N–H and O–H groups in total. The highest BCUT2D eigenvalue weighted by Crippen LogP contribution is 2.53. The Morgan fingerprint density at radius 2 is 1.62 bits per heavy atom. The molecule has 1 aliphatic heterocycles. The molecule has 8 atom stereocenters. The number of nitro benzene ring substituents is 1. The minimum Gasteiger partial charge on any atom is -0.476 e. The normalized spacial score (nSPS) is 29.7. The van der Waals surface area contributed by atoms with Crippen LogP contribution in [0.5, 0.6) is 5.75 Å². The standard InChI is InChI=1S/C40H63NO9Si2/c1-25-14-15-26-22-27(37(2,3)4)23-32(47-36(43)39(8,9)48-29-18-16-28(17-19-29)41(44)45)33(26)40(25,50-52(12)13)21-20-30-24-31(38(5,6)7)34(35(42)46-30)49-51(10)11/h14-19,22,25,27,30-34,51-52H,20-21,23-24H2,1-13H3/t25-,27+,30+,31-,32-,33+,34?,40-/m0/s1. The van der Waals surface area contributed by atoms with Crippen molar-refractivity contribution in [3.05, 3.63) is 58.2 Å². The Morgan fingerprint density at radius 1 is 0.981 bits per heavy atom. The quantitative estimate of drug-likeness (QED) is 0.0896. The molecule has 0 saturated carbocycles. The monoisotopic (exact) mass is 757 g/mol. The van der Waals surface area contributed by atoms with E-state index >= 15 is 0 Å². The van der Waals surface area contributed by atoms with Gasteiger partial charge in [0.2, 0.25) is 0 Å². The van der Waals surface area contributed by atoms with E-state index in [1.54, 1.807) is 13.8 Å². The van der Waals surface area contributed by atoms with Gasteiger partial charge >= 0.3 is 11.9 Å². The number of nitro groups is 1. The van der Waals surface area contributed by atoms with Crippen molar-refractivity contribution < 1.29 is 37.6 Å². The van der Waals surface area contributed by atoms with Crippen LogP contribution in [0.4, 0.5) is 5.69 Å². The summed E-state index contributed by atoms with van der Waals surface area (Å²) >= 11 is 0. The molecule has 4 rings (SSSR count). The molecule has 1 aromatic rings. The van der Waals surface area contributed by atoms with E-state index < -0.39 is 52.4 Å². The summed E-state index contributed by atoms with van der Waals surface area (Å²) in [6.07, 6.45) is 7.99. The summed E-state index contributed by atoms with van der Waals surface area (Å²) in [6.45, 7) is 27.1. The van der Waals surface area contributed by atoms with Crippen LogP contribution in [-0.4, -0.2) is 64.5 Å². The zero-order valence-electron chi connectivity index (χ0n) is 33.7. The Hall–Kier alpha value is -2.81. The maximum Gasteiger partial charge on any atom is 0.350 e. The number of hydrogen-bond acceptors (Lipinski definition) is 9. The third-order valence-corrected chi connectivity index (χ3v) is 12.8. The van der Waals surface area contributed by atoms with Gasteiger partial charge in [0.25, 0.3) is 5.69 Å². The molecule has 1 saturated heterocycles. The molecule has 0 amide bonds. The third kappa shape index (κ3) is 9.64. The first kappa shape index (κ1) is 41.9. The number of allylic oxidation sites excluding steroid dienone is 2. The molecule has 1 heterocycles. The zero-order valence-corrected chi connectivity index (χ0v) is 36.0. The smallest absolute Gasteiger partial charge is 0.350 e. The molecule has 1 unspecified atom stereocenters. The second kappa shape index (κ2) is 15.9. The number of non-ortho nitro benzene ring substituents is 1. The van der Waals surface area contributed by atoms with Gasteiger partial charge in [-0.25, -0.2) is 9.59 Å². The van der Waals surface area contributed by atoms with E-state index in [9.17, 15) is 19.7 Å². The highest BCUT2D eigenvalue weighted by molar-refractivity contribution is 6.49. The Bertz CT molecular complexity index is 1510. The molecular weight excluding hydrogens is 695 g/mol. The van der Waals surface area contributed by atoms with Crippen LogP contribution in [0.25, 0.3) is 0 Å². The van der Waals surface area contributed by atoms with Crippen LogP contribution in [0, 0.1) is 44.6 Å². The summed E-state index contributed by atoms with van der Waals surface area (Å²) in [7, 11) is -3.16. The predicted molar refractivity (Wildman–Crippen MR) is 208 cm³/mol. The lowest BCUT2D eigenvalue weighted by atomic mass is 9.59. The molecule has 52 heavy (non-hydrogen) atoms. The molecular formula is C40H63NO9Si2. The van der Waals surface area contributed by atoms with Crippen molar-refractivity contribution in [2.24, 2.45) is 34.5 Å². The van der Waals surface area contributed by atoms with Crippen molar-refractivity contribution >= 4 is 35.7 Å². The molecule has 1 fully saturated rings. The van der Waals surface area contributed by atoms with E-state index in [2.05, 4.69) is 92.9 Å². The molecule has 290 valence electrons. The highest BCUT2D eigenvalue weighted by atomic mass is 28.3.